The SMILES string of the molecule is C.C.C.COC(=O)c1sc2ccc3nc(C)ccc3c2c1N.COC(=O)c1sc2ccc3nc(C)ccc3c2c1NC[C@@H](C)NC(=O)OC(C)(C)C.COC(=O)c1sc2ccc3nc(C)ccc3c2c1[NH-].C[C@H](COS(C)(=O)=O)CC(=O)OC(C)(C)C.Cc1ccc2c(ccc3sc4c(c32)NC[C@@H](C)N(C(=O)OC(C)(C)C)C4=O)n1.Cc1ccc2c(ccc3sc4c(c32)NC[C@@H](C)NC4=O)n1.[H+].[Li+]. The number of thiophene rings is 5. The molecule has 0 bridgehead atoms. The van der Waals surface area contributed by atoms with Crippen LogP contribution in [0.25, 0.3) is 111 Å². The van der Waals surface area contributed by atoms with Crippen molar-refractivity contribution < 1.29 is 99.7 Å². The first-order valence-corrected chi connectivity index (χ1v) is 48.5. The van der Waals surface area contributed by atoms with Gasteiger partial charge in [0.2, 0.25) is 0 Å². The Morgan fingerprint density at radius 1 is 0.518 bits per heavy atom. The first kappa shape index (κ1) is 110. The number of fused-ring (bicyclic) bond motifs is 19. The monoisotopic (exact) mass is 1970 g/mol. The van der Waals surface area contributed by atoms with Gasteiger partial charge in [-0.05, 0) is 220 Å². The second-order valence-electron chi connectivity index (χ2n) is 35.3. The van der Waals surface area contributed by atoms with Crippen LogP contribution in [0.3, 0.4) is 0 Å². The fourth-order valence-corrected chi connectivity index (χ4v) is 20.6. The van der Waals surface area contributed by atoms with Crippen molar-refractivity contribution in [3.05, 3.63) is 180 Å². The second kappa shape index (κ2) is 45.5. The number of pyridine rings is 5. The predicted molar refractivity (Wildman–Crippen MR) is 557 cm³/mol. The summed E-state index contributed by atoms with van der Waals surface area (Å²) in [6, 6.07) is 39.1. The van der Waals surface area contributed by atoms with Gasteiger partial charge in [0.05, 0.1) is 102 Å². The van der Waals surface area contributed by atoms with Gasteiger partial charge in [-0.1, -0.05) is 59.5 Å². The number of hydrogen-bond acceptors (Lipinski definition) is 31. The zero-order chi connectivity index (χ0) is 96.9. The van der Waals surface area contributed by atoms with Gasteiger partial charge in [-0.2, -0.15) is 8.42 Å². The summed E-state index contributed by atoms with van der Waals surface area (Å²) in [6.45, 7) is 35.0. The molecule has 0 aliphatic carbocycles. The van der Waals surface area contributed by atoms with Crippen LogP contribution in [0.15, 0.2) is 121 Å². The van der Waals surface area contributed by atoms with E-state index < -0.39 is 57.0 Å². The van der Waals surface area contributed by atoms with Crippen molar-refractivity contribution in [3.63, 3.8) is 0 Å². The number of carbonyl (C=O) groups excluding carboxylic acids is 8. The van der Waals surface area contributed by atoms with Gasteiger partial charge in [0.15, 0.2) is 0 Å². The molecule has 2 aliphatic heterocycles. The zero-order valence-electron chi connectivity index (χ0n) is 80.0. The smallest absolute Gasteiger partial charge is 0.697 e. The van der Waals surface area contributed by atoms with Crippen molar-refractivity contribution in [2.75, 3.05) is 75.5 Å². The number of nitrogens with two attached hydrogens (primary N) is 1. The number of amides is 4. The predicted octanol–water partition coefficient (Wildman–Crippen LogP) is 20.8. The molecule has 0 radical (unpaired) electrons. The fourth-order valence-electron chi connectivity index (χ4n) is 14.7. The number of imide groups is 1. The summed E-state index contributed by atoms with van der Waals surface area (Å²) in [7, 11) is 0.610. The number of nitrogens with zero attached hydrogens (tertiary/aromatic N) is 6. The van der Waals surface area contributed by atoms with E-state index in [1.165, 1.54) is 82.9 Å². The average Bonchev–Trinajstić information content (AvgIpc) is 1.62. The Morgan fingerprint density at radius 3 is 1.34 bits per heavy atom. The van der Waals surface area contributed by atoms with E-state index in [4.69, 9.17) is 39.9 Å². The number of anilines is 4. The molecule has 0 saturated heterocycles. The number of hydrogen-bond donors (Lipinski definition) is 6. The molecule has 15 aromatic rings. The molecular formula is C100H121LiN13O17S6+. The first-order valence-electron chi connectivity index (χ1n) is 42.6. The van der Waals surface area contributed by atoms with Gasteiger partial charge in [-0.3, -0.25) is 43.5 Å². The van der Waals surface area contributed by atoms with Crippen molar-refractivity contribution in [1.82, 2.24) is 40.5 Å². The van der Waals surface area contributed by atoms with Gasteiger partial charge in [-0.25, -0.2) is 28.9 Å². The van der Waals surface area contributed by atoms with Crippen LogP contribution in [-0.2, 0) is 47.5 Å². The quantitative estimate of drug-likeness (QED) is 0.0286. The molecule has 0 fully saturated rings. The maximum absolute atomic E-state index is 13.3. The topological polar surface area (TPSA) is 413 Å². The summed E-state index contributed by atoms with van der Waals surface area (Å²) < 4.78 is 61.3. The molecule has 12 heterocycles. The Morgan fingerprint density at radius 2 is 0.891 bits per heavy atom. The minimum atomic E-state index is -3.44. The summed E-state index contributed by atoms with van der Waals surface area (Å²) in [5.74, 6) is -2.11. The van der Waals surface area contributed by atoms with Crippen LogP contribution in [0.2, 0.25) is 0 Å². The number of aryl methyl sites for hydroxylation is 5. The molecule has 724 valence electrons. The number of nitrogen functional groups attached to an aromatic ring is 1. The third kappa shape index (κ3) is 26.5. The number of esters is 4. The molecule has 5 aromatic carbocycles. The normalized spacial score (nSPS) is 13.9. The van der Waals surface area contributed by atoms with Crippen LogP contribution in [0, 0.1) is 40.5 Å². The molecule has 4 atom stereocenters. The molecule has 0 unspecified atom stereocenters. The molecule has 10 aromatic heterocycles. The fraction of sp³-hybridized carbons (Fsp3) is 0.370. The molecule has 8 N–H and O–H groups in total. The van der Waals surface area contributed by atoms with Crippen molar-refractivity contribution in [1.29, 1.82) is 0 Å². The number of carbonyl (C=O) groups is 8. The molecule has 17 rings (SSSR count). The van der Waals surface area contributed by atoms with Gasteiger partial charge in [-0.15, -0.1) is 62.4 Å². The Labute approximate surface area is 831 Å². The van der Waals surface area contributed by atoms with Crippen LogP contribution in [0.1, 0.15) is 197 Å². The number of benzene rings is 5. The van der Waals surface area contributed by atoms with E-state index in [0.717, 1.165) is 162 Å². The third-order valence-electron chi connectivity index (χ3n) is 20.5. The molecule has 2 aliphatic rings. The molecule has 0 saturated carbocycles. The molecule has 37 heteroatoms. The van der Waals surface area contributed by atoms with Crippen molar-refractivity contribution in [2.24, 2.45) is 5.92 Å². The van der Waals surface area contributed by atoms with Crippen LogP contribution in [0.5, 0.6) is 0 Å². The maximum atomic E-state index is 13.3. The largest absolute Gasteiger partial charge is 1.00 e. The first-order chi connectivity index (χ1) is 62.6. The number of alkyl carbamates (subject to hydrolysis) is 1. The Balaban J connectivity index is 0.000000227. The van der Waals surface area contributed by atoms with Gasteiger partial charge in [0.1, 0.15) is 36.3 Å². The van der Waals surface area contributed by atoms with Crippen molar-refractivity contribution >= 4 is 248 Å². The van der Waals surface area contributed by atoms with E-state index in [9.17, 15) is 46.8 Å². The number of aromatic nitrogens is 5. The molecule has 137 heavy (non-hydrogen) atoms. The number of nitrogens with one attached hydrogen (secondary N) is 6. The summed E-state index contributed by atoms with van der Waals surface area (Å²) in [4.78, 5) is 124. The van der Waals surface area contributed by atoms with Crippen LogP contribution in [-0.4, -0.2) is 175 Å². The number of methoxy groups -OCH3 is 3. The van der Waals surface area contributed by atoms with Gasteiger partial charge < -0.3 is 66.5 Å². The number of ether oxygens (including phenoxy) is 6. The standard InChI is InChI=1S/C22H27N3O4S.C21H23N3O3S.C16H15N3OS.2C14H12N2O2S.C10H20O5S.3CH4.Li/c1-12-7-8-14-15(24-12)9-10-16-17(14)18(19(30-16)20(26)28-6)23-11-13(2)25-21(27)29-22(3,4)5;1-11-6-7-13-14(23-11)8-9-15-16(13)17-18(28-15)19(25)24(12(2)10-22-17)20(26)27-21(3,4)5;1-8-3-4-10-11(18-8)5-6-12-13(10)14-15(21-12)16(20)19-9(2)7-17-14;2*1-7-3-4-8-9(16-7)5-6-10-11(8)12(15)13(19-10)14(17)18-2;1-8(7-14-16(5,12)13)6-9(11)15-10(2,3)4;;;;/h7-10,13,23H,11H2,1-6H3,(H,25,27);6-9,12,22H,10H2,1-5H3;3-6,9,17H,7H2,1-2H3,(H,19,20);3-6H,1-2H3,(H2,15,17);3-6H,15H2,1-2H3;8H,6-7H2,1-5H3;3*1H4;/q;;;;;;;;;+1/t13-;12-;9-;;;8-;;;;/m111..0..../s1. The van der Waals surface area contributed by atoms with E-state index >= 15 is 0 Å². The minimum Gasteiger partial charge on any atom is -0.697 e. The van der Waals surface area contributed by atoms with E-state index in [1.807, 2.05) is 185 Å². The van der Waals surface area contributed by atoms with E-state index in [1.54, 1.807) is 48.5 Å². The van der Waals surface area contributed by atoms with Crippen LogP contribution in [0.4, 0.5) is 38.0 Å². The maximum Gasteiger partial charge on any atom is 1.00 e. The third-order valence-corrected chi connectivity index (χ3v) is 26.8. The van der Waals surface area contributed by atoms with Gasteiger partial charge >= 0.3 is 56.4 Å². The Kier molecular flexibility index (Phi) is 36.7. The Hall–Kier alpha value is -12.0. The average molecular weight is 1980 g/mol. The van der Waals surface area contributed by atoms with Crippen molar-refractivity contribution in [3.8, 4) is 0 Å². The summed E-state index contributed by atoms with van der Waals surface area (Å²) in [6.07, 6.45) is 0.0320. The van der Waals surface area contributed by atoms with E-state index in [-0.39, 0.29) is 103 Å². The summed E-state index contributed by atoms with van der Waals surface area (Å²) in [5, 5.41) is 25.6. The molecule has 0 spiro atoms. The van der Waals surface area contributed by atoms with Gasteiger partial charge in [0, 0.05) is 132 Å². The second-order valence-corrected chi connectivity index (χ2v) is 42.2. The Bertz CT molecular complexity index is 7060. The van der Waals surface area contributed by atoms with Crippen LogP contribution < -0.4 is 51.2 Å². The van der Waals surface area contributed by atoms with Gasteiger partial charge in [0.25, 0.3) is 21.9 Å². The van der Waals surface area contributed by atoms with E-state index in [0.29, 0.717) is 44.0 Å². The zero-order valence-corrected chi connectivity index (χ0v) is 83.9. The van der Waals surface area contributed by atoms with Crippen LogP contribution >= 0.6 is 56.7 Å². The number of rotatable bonds is 12. The van der Waals surface area contributed by atoms with Crippen molar-refractivity contribution in [2.45, 2.75) is 188 Å². The minimum absolute atomic E-state index is 0. The summed E-state index contributed by atoms with van der Waals surface area (Å²) in [5.41, 5.74) is 24.9. The molecule has 30 nitrogen and oxygen atoms in total. The summed E-state index contributed by atoms with van der Waals surface area (Å²) >= 11 is 6.94. The molecular weight excluding hydrogens is 1850 g/mol. The van der Waals surface area contributed by atoms with E-state index in [2.05, 4.69) is 67.8 Å². The molecule has 4 amide bonds.